The molecule has 0 aromatic heterocycles. The van der Waals surface area contributed by atoms with E-state index in [0.29, 0.717) is 31.3 Å². The SMILES string of the molecule is CCCCCOC1C[C@@H]2[C@H](CC[C@@]3(C)[C@H]2CC[C@]3(O)C(=O)CO)[C@@]2(C)CCC(=O)C=C12. The zero-order valence-corrected chi connectivity index (χ0v) is 19.5. The van der Waals surface area contributed by atoms with Crippen molar-refractivity contribution in [1.29, 1.82) is 0 Å². The highest BCUT2D eigenvalue weighted by molar-refractivity contribution is 5.92. The monoisotopic (exact) mass is 432 g/mol. The van der Waals surface area contributed by atoms with Crippen molar-refractivity contribution in [1.82, 2.24) is 0 Å². The minimum absolute atomic E-state index is 0.0445. The molecule has 31 heavy (non-hydrogen) atoms. The van der Waals surface area contributed by atoms with Crippen molar-refractivity contribution in [2.75, 3.05) is 13.2 Å². The van der Waals surface area contributed by atoms with Gasteiger partial charge in [0.05, 0.1) is 6.10 Å². The summed E-state index contributed by atoms with van der Waals surface area (Å²) in [4.78, 5) is 24.9. The van der Waals surface area contributed by atoms with Crippen LogP contribution in [0.4, 0.5) is 0 Å². The van der Waals surface area contributed by atoms with Crippen molar-refractivity contribution in [2.45, 2.75) is 96.7 Å². The molecule has 0 saturated heterocycles. The Balaban J connectivity index is 1.65. The van der Waals surface area contributed by atoms with Gasteiger partial charge in [-0.05, 0) is 79.8 Å². The Labute approximate surface area is 186 Å². The molecule has 5 heteroatoms. The number of carbonyl (C=O) groups excluding carboxylic acids is 2. The van der Waals surface area contributed by atoms with E-state index in [0.717, 1.165) is 51.4 Å². The van der Waals surface area contributed by atoms with Crippen LogP contribution in [0.25, 0.3) is 0 Å². The van der Waals surface area contributed by atoms with Gasteiger partial charge in [-0.2, -0.15) is 0 Å². The van der Waals surface area contributed by atoms with Crippen molar-refractivity contribution in [3.63, 3.8) is 0 Å². The summed E-state index contributed by atoms with van der Waals surface area (Å²) in [6.07, 6.45) is 10.5. The lowest BCUT2D eigenvalue weighted by molar-refractivity contribution is -0.168. The van der Waals surface area contributed by atoms with Gasteiger partial charge in [-0.25, -0.2) is 0 Å². The fraction of sp³-hybridized carbons (Fsp3) is 0.846. The first-order valence-corrected chi connectivity index (χ1v) is 12.4. The second kappa shape index (κ2) is 8.39. The molecule has 4 aliphatic carbocycles. The molecule has 3 fully saturated rings. The van der Waals surface area contributed by atoms with Crippen LogP contribution in [0.5, 0.6) is 0 Å². The van der Waals surface area contributed by atoms with Gasteiger partial charge in [-0.1, -0.05) is 33.6 Å². The number of ether oxygens (including phenoxy) is 1. The van der Waals surface area contributed by atoms with E-state index in [1.165, 1.54) is 5.57 Å². The Hall–Kier alpha value is -1.04. The number of carbonyl (C=O) groups is 2. The Morgan fingerprint density at radius 3 is 2.61 bits per heavy atom. The van der Waals surface area contributed by atoms with Gasteiger partial charge in [-0.3, -0.25) is 9.59 Å². The zero-order chi connectivity index (χ0) is 22.4. The van der Waals surface area contributed by atoms with Gasteiger partial charge in [0.15, 0.2) is 11.6 Å². The third-order valence-electron chi connectivity index (χ3n) is 9.78. The molecular weight excluding hydrogens is 392 g/mol. The average Bonchev–Trinajstić information content (AvgIpc) is 3.03. The highest BCUT2D eigenvalue weighted by atomic mass is 16.5. The minimum Gasteiger partial charge on any atom is -0.388 e. The molecule has 0 spiro atoms. The second-order valence-corrected chi connectivity index (χ2v) is 11.1. The Morgan fingerprint density at radius 2 is 1.90 bits per heavy atom. The molecule has 3 saturated carbocycles. The molecule has 4 aliphatic rings. The molecule has 5 nitrogen and oxygen atoms in total. The summed E-state index contributed by atoms with van der Waals surface area (Å²) >= 11 is 0. The summed E-state index contributed by atoms with van der Waals surface area (Å²) in [5.74, 6) is 0.856. The lowest BCUT2D eigenvalue weighted by Crippen LogP contribution is -2.59. The number of hydrogen-bond acceptors (Lipinski definition) is 5. The van der Waals surface area contributed by atoms with Crippen LogP contribution in [0, 0.1) is 28.6 Å². The molecule has 0 aromatic rings. The molecule has 7 atom stereocenters. The van der Waals surface area contributed by atoms with E-state index in [9.17, 15) is 19.8 Å². The molecule has 174 valence electrons. The summed E-state index contributed by atoms with van der Waals surface area (Å²) in [7, 11) is 0. The first-order chi connectivity index (χ1) is 14.7. The predicted molar refractivity (Wildman–Crippen MR) is 118 cm³/mol. The number of aliphatic hydroxyl groups excluding tert-OH is 1. The summed E-state index contributed by atoms with van der Waals surface area (Å²) < 4.78 is 6.43. The molecule has 0 amide bonds. The van der Waals surface area contributed by atoms with Gasteiger partial charge in [0.25, 0.3) is 0 Å². The normalized spacial score (nSPS) is 44.3. The third kappa shape index (κ3) is 3.46. The standard InChI is InChI=1S/C26H40O5/c1-4-5-6-13-31-22-15-18-19(24(2)10-7-17(28)14-21(22)24)8-11-25(3)20(18)9-12-26(25,30)23(29)16-27/h14,18-20,22,27,30H,4-13,15-16H2,1-3H3/t18-,19+,20+,22?,24-,25+,26+/m1/s1. The smallest absolute Gasteiger partial charge is 0.190 e. The maximum Gasteiger partial charge on any atom is 0.190 e. The number of ketones is 2. The fourth-order valence-electron chi connectivity index (χ4n) is 7.92. The van der Waals surface area contributed by atoms with Crippen LogP contribution in [0.3, 0.4) is 0 Å². The maximum absolute atomic E-state index is 12.6. The van der Waals surface area contributed by atoms with Crippen molar-refractivity contribution < 1.29 is 24.5 Å². The summed E-state index contributed by atoms with van der Waals surface area (Å²) in [5, 5.41) is 20.9. The lowest BCUT2D eigenvalue weighted by atomic mass is 9.45. The van der Waals surface area contributed by atoms with E-state index in [1.807, 2.05) is 6.08 Å². The number of fused-ring (bicyclic) bond motifs is 5. The van der Waals surface area contributed by atoms with Crippen LogP contribution in [-0.4, -0.2) is 46.7 Å². The number of rotatable bonds is 7. The molecule has 2 N–H and O–H groups in total. The zero-order valence-electron chi connectivity index (χ0n) is 19.5. The van der Waals surface area contributed by atoms with Gasteiger partial charge in [-0.15, -0.1) is 0 Å². The quantitative estimate of drug-likeness (QED) is 0.594. The van der Waals surface area contributed by atoms with E-state index >= 15 is 0 Å². The van der Waals surface area contributed by atoms with Gasteiger partial charge in [0.1, 0.15) is 12.2 Å². The van der Waals surface area contributed by atoms with Gasteiger partial charge >= 0.3 is 0 Å². The van der Waals surface area contributed by atoms with Crippen LogP contribution >= 0.6 is 0 Å². The molecule has 4 rings (SSSR count). The lowest BCUT2D eigenvalue weighted by Gasteiger charge is -2.60. The molecule has 0 aliphatic heterocycles. The molecule has 0 bridgehead atoms. The van der Waals surface area contributed by atoms with Crippen molar-refractivity contribution in [3.05, 3.63) is 11.6 Å². The van der Waals surface area contributed by atoms with Gasteiger partial charge in [0, 0.05) is 18.4 Å². The van der Waals surface area contributed by atoms with E-state index in [-0.39, 0.29) is 23.2 Å². The number of Topliss-reactive ketones (excluding diaryl/α,β-unsaturated/α-hetero) is 1. The molecule has 0 heterocycles. The first-order valence-electron chi connectivity index (χ1n) is 12.4. The maximum atomic E-state index is 12.6. The largest absolute Gasteiger partial charge is 0.388 e. The summed E-state index contributed by atoms with van der Waals surface area (Å²) in [5.41, 5.74) is -0.767. The Bertz CT molecular complexity index is 759. The number of unbranched alkanes of at least 4 members (excludes halogenated alkanes) is 2. The molecular formula is C26H40O5. The number of aliphatic hydroxyl groups is 2. The minimum atomic E-state index is -1.42. The fourth-order valence-corrected chi connectivity index (χ4v) is 7.92. The first kappa shape index (κ1) is 23.1. The predicted octanol–water partition coefficient (Wildman–Crippen LogP) is 4.00. The van der Waals surface area contributed by atoms with E-state index in [4.69, 9.17) is 4.74 Å². The third-order valence-corrected chi connectivity index (χ3v) is 9.78. The molecule has 0 aromatic carbocycles. The van der Waals surface area contributed by atoms with E-state index in [2.05, 4.69) is 20.8 Å². The summed E-state index contributed by atoms with van der Waals surface area (Å²) in [6.45, 7) is 6.70. The molecule has 1 unspecified atom stereocenters. The van der Waals surface area contributed by atoms with Crippen molar-refractivity contribution in [2.24, 2.45) is 28.6 Å². The van der Waals surface area contributed by atoms with Crippen LogP contribution < -0.4 is 0 Å². The van der Waals surface area contributed by atoms with Crippen molar-refractivity contribution in [3.8, 4) is 0 Å². The Morgan fingerprint density at radius 1 is 1.16 bits per heavy atom. The van der Waals surface area contributed by atoms with Crippen molar-refractivity contribution >= 4 is 11.6 Å². The van der Waals surface area contributed by atoms with E-state index in [1.54, 1.807) is 0 Å². The van der Waals surface area contributed by atoms with Crippen LogP contribution in [0.1, 0.15) is 85.0 Å². The Kier molecular flexibility index (Phi) is 6.26. The topological polar surface area (TPSA) is 83.8 Å². The highest BCUT2D eigenvalue weighted by Crippen LogP contribution is 2.67. The molecule has 0 radical (unpaired) electrons. The van der Waals surface area contributed by atoms with Gasteiger partial charge < -0.3 is 14.9 Å². The van der Waals surface area contributed by atoms with Crippen LogP contribution in [-0.2, 0) is 14.3 Å². The second-order valence-electron chi connectivity index (χ2n) is 11.1. The van der Waals surface area contributed by atoms with E-state index < -0.39 is 23.4 Å². The van der Waals surface area contributed by atoms with Crippen LogP contribution in [0.2, 0.25) is 0 Å². The summed E-state index contributed by atoms with van der Waals surface area (Å²) in [6, 6.07) is 0. The number of hydrogen-bond donors (Lipinski definition) is 2. The highest BCUT2D eigenvalue weighted by Gasteiger charge is 2.66. The van der Waals surface area contributed by atoms with Crippen LogP contribution in [0.15, 0.2) is 11.6 Å². The average molecular weight is 433 g/mol. The van der Waals surface area contributed by atoms with Gasteiger partial charge in [0.2, 0.25) is 0 Å².